The third-order valence-electron chi connectivity index (χ3n) is 4.25. The largest absolute Gasteiger partial charge is 0.310 e. The van der Waals surface area contributed by atoms with E-state index in [1.165, 1.54) is 16.9 Å². The van der Waals surface area contributed by atoms with E-state index in [1.54, 1.807) is 17.8 Å². The molecule has 0 radical (unpaired) electrons. The predicted molar refractivity (Wildman–Crippen MR) is 115 cm³/mol. The number of rotatable bonds is 7. The highest BCUT2D eigenvalue weighted by molar-refractivity contribution is 7.84. The van der Waals surface area contributed by atoms with E-state index in [0.717, 1.165) is 22.0 Å². The Morgan fingerprint density at radius 3 is 2.61 bits per heavy atom. The quantitative estimate of drug-likeness (QED) is 0.634. The summed E-state index contributed by atoms with van der Waals surface area (Å²) in [6.45, 7) is 6.18. The summed E-state index contributed by atoms with van der Waals surface area (Å²) in [6, 6.07) is 10.1. The van der Waals surface area contributed by atoms with Gasteiger partial charge in [0.1, 0.15) is 16.6 Å². The maximum atomic E-state index is 12.4. The maximum absolute atomic E-state index is 12.4. The molecule has 1 aromatic carbocycles. The lowest BCUT2D eigenvalue weighted by atomic mass is 10.0. The lowest BCUT2D eigenvalue weighted by Crippen LogP contribution is -2.21. The Morgan fingerprint density at radius 2 is 2.00 bits per heavy atom. The summed E-state index contributed by atoms with van der Waals surface area (Å²) in [7, 11) is 0.429. The molecule has 8 heteroatoms. The first kappa shape index (κ1) is 20.4. The van der Waals surface area contributed by atoms with Crippen molar-refractivity contribution in [1.29, 1.82) is 0 Å². The van der Waals surface area contributed by atoms with Crippen molar-refractivity contribution >= 4 is 33.9 Å². The molecular formula is C20H24N4O2S2. The van der Waals surface area contributed by atoms with Gasteiger partial charge in [-0.1, -0.05) is 38.1 Å². The Kier molecular flexibility index (Phi) is 6.41. The maximum Gasteiger partial charge on any atom is 0.238 e. The third kappa shape index (κ3) is 5.14. The summed E-state index contributed by atoms with van der Waals surface area (Å²) in [5.74, 6) is 0.990. The van der Waals surface area contributed by atoms with E-state index >= 15 is 0 Å². The second-order valence-electron chi connectivity index (χ2n) is 6.99. The molecule has 1 unspecified atom stereocenters. The topological polar surface area (TPSA) is 76.9 Å². The van der Waals surface area contributed by atoms with Crippen LogP contribution in [0, 0.1) is 6.92 Å². The first-order valence-corrected chi connectivity index (χ1v) is 11.4. The number of aromatic nitrogens is 3. The van der Waals surface area contributed by atoms with E-state index in [4.69, 9.17) is 0 Å². The number of carbonyl (C=O) groups is 1. The highest BCUT2D eigenvalue weighted by Crippen LogP contribution is 2.26. The molecule has 1 amide bonds. The number of nitrogens with one attached hydrogen (secondary N) is 1. The summed E-state index contributed by atoms with van der Waals surface area (Å²) >= 11 is 1.53. The summed E-state index contributed by atoms with van der Waals surface area (Å²) in [5.41, 5.74) is 3.90. The van der Waals surface area contributed by atoms with Gasteiger partial charge in [-0.25, -0.2) is 4.98 Å². The van der Waals surface area contributed by atoms with Crippen LogP contribution in [0.3, 0.4) is 0 Å². The van der Waals surface area contributed by atoms with Crippen LogP contribution in [0.4, 0.5) is 5.82 Å². The fourth-order valence-electron chi connectivity index (χ4n) is 2.79. The molecule has 0 spiro atoms. The van der Waals surface area contributed by atoms with Gasteiger partial charge in [0.25, 0.3) is 0 Å². The van der Waals surface area contributed by atoms with Crippen LogP contribution in [0.2, 0.25) is 0 Å². The molecule has 2 heterocycles. The van der Waals surface area contributed by atoms with E-state index in [0.29, 0.717) is 11.7 Å². The number of anilines is 1. The molecule has 0 fully saturated rings. The van der Waals surface area contributed by atoms with E-state index in [1.807, 2.05) is 12.3 Å². The highest BCUT2D eigenvalue weighted by atomic mass is 32.2. The zero-order valence-electron chi connectivity index (χ0n) is 16.4. The Bertz CT molecular complexity index is 990. The minimum atomic E-state index is -1.33. The van der Waals surface area contributed by atoms with E-state index < -0.39 is 10.8 Å². The van der Waals surface area contributed by atoms with Crippen molar-refractivity contribution in [1.82, 2.24) is 14.8 Å². The second kappa shape index (κ2) is 8.79. The van der Waals surface area contributed by atoms with Gasteiger partial charge < -0.3 is 5.32 Å². The number of nitrogens with zero attached hydrogens (tertiary/aromatic N) is 3. The van der Waals surface area contributed by atoms with E-state index in [-0.39, 0.29) is 17.4 Å². The van der Waals surface area contributed by atoms with Gasteiger partial charge in [-0.15, -0.1) is 11.3 Å². The summed E-state index contributed by atoms with van der Waals surface area (Å²) in [5, 5.41) is 9.73. The number of amides is 1. The van der Waals surface area contributed by atoms with E-state index in [9.17, 15) is 9.00 Å². The summed E-state index contributed by atoms with van der Waals surface area (Å²) in [6.07, 6.45) is 0. The molecule has 28 heavy (non-hydrogen) atoms. The van der Waals surface area contributed by atoms with Gasteiger partial charge in [0.15, 0.2) is 0 Å². The van der Waals surface area contributed by atoms with Gasteiger partial charge in [0, 0.05) is 34.9 Å². The molecule has 3 aromatic rings. The van der Waals surface area contributed by atoms with Crippen LogP contribution in [0.25, 0.3) is 10.6 Å². The van der Waals surface area contributed by atoms with Crippen LogP contribution in [0.15, 0.2) is 35.7 Å². The fraction of sp³-hybridized carbons (Fsp3) is 0.350. The van der Waals surface area contributed by atoms with Crippen molar-refractivity contribution < 1.29 is 9.00 Å². The van der Waals surface area contributed by atoms with Crippen molar-refractivity contribution in [3.63, 3.8) is 0 Å². The minimum absolute atomic E-state index is 0.0693. The van der Waals surface area contributed by atoms with Gasteiger partial charge >= 0.3 is 0 Å². The first-order chi connectivity index (χ1) is 13.3. The van der Waals surface area contributed by atoms with Crippen LogP contribution in [-0.2, 0) is 28.4 Å². The van der Waals surface area contributed by atoms with Gasteiger partial charge in [-0.3, -0.25) is 13.7 Å². The average molecular weight is 417 g/mol. The van der Waals surface area contributed by atoms with Gasteiger partial charge in [-0.2, -0.15) is 5.10 Å². The van der Waals surface area contributed by atoms with Crippen molar-refractivity contribution in [3.8, 4) is 10.6 Å². The summed E-state index contributed by atoms with van der Waals surface area (Å²) in [4.78, 5) is 16.7. The van der Waals surface area contributed by atoms with Crippen molar-refractivity contribution in [2.75, 3.05) is 11.1 Å². The normalized spacial score (nSPS) is 12.3. The molecule has 0 aliphatic rings. The van der Waals surface area contributed by atoms with Gasteiger partial charge in [-0.05, 0) is 18.4 Å². The number of aryl methyl sites for hydroxylation is 2. The number of benzene rings is 1. The number of carbonyl (C=O) groups excluding carboxylic acids is 1. The first-order valence-electron chi connectivity index (χ1n) is 9.02. The smallest absolute Gasteiger partial charge is 0.238 e. The van der Waals surface area contributed by atoms with Crippen LogP contribution >= 0.6 is 11.3 Å². The Balaban J connectivity index is 1.57. The molecule has 0 saturated heterocycles. The van der Waals surface area contributed by atoms with Crippen LogP contribution in [0.5, 0.6) is 0 Å². The fourth-order valence-corrected chi connectivity index (χ4v) is 4.66. The average Bonchev–Trinajstić information content (AvgIpc) is 3.21. The zero-order valence-corrected chi connectivity index (χ0v) is 18.1. The van der Waals surface area contributed by atoms with Crippen LogP contribution in [-0.4, -0.2) is 30.6 Å². The second-order valence-corrected chi connectivity index (χ2v) is 9.31. The van der Waals surface area contributed by atoms with Crippen molar-refractivity contribution in [3.05, 3.63) is 52.7 Å². The SMILES string of the molecule is Cc1cc(NC(=O)CS(=O)Cc2csc(-c3ccc(C(C)C)cc3)n2)n(C)n1. The number of hydrogen-bond acceptors (Lipinski definition) is 5. The molecule has 3 rings (SSSR count). The minimum Gasteiger partial charge on any atom is -0.310 e. The molecule has 0 aliphatic carbocycles. The zero-order chi connectivity index (χ0) is 20.3. The molecule has 1 atom stereocenters. The predicted octanol–water partition coefficient (Wildman–Crippen LogP) is 3.86. The highest BCUT2D eigenvalue weighted by Gasteiger charge is 2.14. The Labute approximate surface area is 171 Å². The van der Waals surface area contributed by atoms with Gasteiger partial charge in [0.05, 0.1) is 17.1 Å². The lowest BCUT2D eigenvalue weighted by molar-refractivity contribution is -0.113. The molecular weight excluding hydrogens is 392 g/mol. The number of hydrogen-bond donors (Lipinski definition) is 1. The van der Waals surface area contributed by atoms with Crippen molar-refractivity contribution in [2.45, 2.75) is 32.4 Å². The third-order valence-corrected chi connectivity index (χ3v) is 6.39. The number of thiazole rings is 1. The van der Waals surface area contributed by atoms with Crippen LogP contribution < -0.4 is 5.32 Å². The Hall–Kier alpha value is -2.32. The summed E-state index contributed by atoms with van der Waals surface area (Å²) < 4.78 is 14.0. The molecule has 0 bridgehead atoms. The van der Waals surface area contributed by atoms with Crippen LogP contribution in [0.1, 0.15) is 36.7 Å². The van der Waals surface area contributed by atoms with Gasteiger partial charge in [0.2, 0.25) is 5.91 Å². The molecule has 0 aliphatic heterocycles. The van der Waals surface area contributed by atoms with E-state index in [2.05, 4.69) is 53.5 Å². The standard InChI is InChI=1S/C20H24N4O2S2/c1-13(2)15-5-7-16(8-6-15)20-21-17(10-27-20)11-28(26)12-19(25)22-18-9-14(3)23-24(18)4/h5-10,13H,11-12H2,1-4H3,(H,22,25). The Morgan fingerprint density at radius 1 is 1.29 bits per heavy atom. The van der Waals surface area contributed by atoms with Crippen molar-refractivity contribution in [2.24, 2.45) is 7.05 Å². The monoisotopic (exact) mass is 416 g/mol. The molecule has 148 valence electrons. The molecule has 2 aromatic heterocycles. The molecule has 0 saturated carbocycles. The molecule has 6 nitrogen and oxygen atoms in total. The lowest BCUT2D eigenvalue weighted by Gasteiger charge is -2.05. The molecule has 1 N–H and O–H groups in total.